The van der Waals surface area contributed by atoms with Crippen molar-refractivity contribution in [3.05, 3.63) is 111 Å². The van der Waals surface area contributed by atoms with Gasteiger partial charge in [-0.2, -0.15) is 5.26 Å². The number of nitrogens with zero attached hydrogens (tertiary/aromatic N) is 2. The number of aryl methyl sites for hydroxylation is 1. The molecule has 0 saturated heterocycles. The lowest BCUT2D eigenvalue weighted by molar-refractivity contribution is -0.384. The number of fused-ring (bicyclic) bond motifs is 2. The van der Waals surface area contributed by atoms with Gasteiger partial charge in [0.25, 0.3) is 5.69 Å². The first-order valence-corrected chi connectivity index (χ1v) is 10.5. The minimum atomic E-state index is -0.664. The van der Waals surface area contributed by atoms with Crippen LogP contribution < -0.4 is 15.2 Å². The number of nitro groups is 1. The Morgan fingerprint density at radius 1 is 1.14 bits per heavy atom. The Hall–Kier alpha value is -5.10. The summed E-state index contributed by atoms with van der Waals surface area (Å²) in [5, 5.41) is 21.5. The molecule has 1 aliphatic rings. The van der Waals surface area contributed by atoms with Crippen LogP contribution in [-0.4, -0.2) is 10.9 Å². The molecule has 1 atom stereocenters. The maximum absolute atomic E-state index is 12.8. The molecule has 172 valence electrons. The van der Waals surface area contributed by atoms with Crippen molar-refractivity contribution < 1.29 is 23.6 Å². The summed E-state index contributed by atoms with van der Waals surface area (Å²) in [5.41, 5.74) is 8.61. The highest BCUT2D eigenvalue weighted by Crippen LogP contribution is 2.43. The number of rotatable bonds is 4. The first-order valence-electron chi connectivity index (χ1n) is 10.5. The summed E-state index contributed by atoms with van der Waals surface area (Å²) in [4.78, 5) is 23.3. The lowest BCUT2D eigenvalue weighted by Crippen LogP contribution is -2.21. The summed E-state index contributed by atoms with van der Waals surface area (Å²) in [7, 11) is 0. The molecule has 0 amide bonds. The van der Waals surface area contributed by atoms with E-state index in [0.29, 0.717) is 28.0 Å². The number of nitro benzene ring substituents is 1. The van der Waals surface area contributed by atoms with E-state index >= 15 is 0 Å². The highest BCUT2D eigenvalue weighted by atomic mass is 16.6. The summed E-state index contributed by atoms with van der Waals surface area (Å²) >= 11 is 0. The average Bonchev–Trinajstić information content (AvgIpc) is 3.20. The molecule has 0 aliphatic carbocycles. The van der Waals surface area contributed by atoms with Crippen LogP contribution in [0.25, 0.3) is 11.0 Å². The normalized spacial score (nSPS) is 14.7. The van der Waals surface area contributed by atoms with Crippen LogP contribution in [0.5, 0.6) is 11.5 Å². The van der Waals surface area contributed by atoms with E-state index in [-0.39, 0.29) is 28.7 Å². The zero-order valence-corrected chi connectivity index (χ0v) is 18.3. The van der Waals surface area contributed by atoms with E-state index in [0.717, 1.165) is 5.39 Å². The molecular weight excluding hydrogens is 450 g/mol. The van der Waals surface area contributed by atoms with Crippen molar-refractivity contribution in [1.29, 1.82) is 5.26 Å². The Morgan fingerprint density at radius 3 is 2.57 bits per heavy atom. The van der Waals surface area contributed by atoms with E-state index in [1.165, 1.54) is 18.2 Å². The van der Waals surface area contributed by atoms with Gasteiger partial charge in [-0.3, -0.25) is 10.1 Å². The van der Waals surface area contributed by atoms with E-state index in [9.17, 15) is 20.2 Å². The van der Waals surface area contributed by atoms with E-state index in [2.05, 4.69) is 6.07 Å². The number of benzene rings is 3. The Bertz CT molecular complexity index is 1580. The molecular formula is C26H17N3O6. The molecule has 5 rings (SSSR count). The average molecular weight is 467 g/mol. The molecule has 2 N–H and O–H groups in total. The van der Waals surface area contributed by atoms with Crippen molar-refractivity contribution >= 4 is 22.6 Å². The number of hydrogen-bond acceptors (Lipinski definition) is 8. The van der Waals surface area contributed by atoms with Crippen LogP contribution in [0.2, 0.25) is 0 Å². The number of allylic oxidation sites excluding steroid dienone is 1. The minimum Gasteiger partial charge on any atom is -0.449 e. The van der Waals surface area contributed by atoms with Gasteiger partial charge in [0.2, 0.25) is 11.6 Å². The number of nitriles is 1. The lowest BCUT2D eigenvalue weighted by Gasteiger charge is -2.26. The number of esters is 1. The predicted molar refractivity (Wildman–Crippen MR) is 125 cm³/mol. The predicted octanol–water partition coefficient (Wildman–Crippen LogP) is 5.09. The van der Waals surface area contributed by atoms with Crippen molar-refractivity contribution in [2.24, 2.45) is 5.73 Å². The van der Waals surface area contributed by atoms with Crippen molar-refractivity contribution in [3.8, 4) is 17.6 Å². The maximum atomic E-state index is 12.8. The van der Waals surface area contributed by atoms with Crippen molar-refractivity contribution in [3.63, 3.8) is 0 Å². The molecule has 0 radical (unpaired) electrons. The second-order valence-electron chi connectivity index (χ2n) is 7.91. The van der Waals surface area contributed by atoms with Crippen molar-refractivity contribution in [2.75, 3.05) is 0 Å². The minimum absolute atomic E-state index is 0.0698. The first kappa shape index (κ1) is 21.7. The highest BCUT2D eigenvalue weighted by Gasteiger charge is 2.31. The molecule has 0 saturated carbocycles. The Morgan fingerprint density at radius 2 is 1.89 bits per heavy atom. The maximum Gasteiger partial charge on any atom is 0.379 e. The Labute approximate surface area is 198 Å². The summed E-state index contributed by atoms with van der Waals surface area (Å²) in [5.74, 6) is -0.769. The fourth-order valence-corrected chi connectivity index (χ4v) is 4.15. The van der Waals surface area contributed by atoms with Crippen LogP contribution in [0.4, 0.5) is 5.69 Å². The zero-order chi connectivity index (χ0) is 24.7. The van der Waals surface area contributed by atoms with Crippen LogP contribution in [0, 0.1) is 28.4 Å². The number of ether oxygens (including phenoxy) is 2. The van der Waals surface area contributed by atoms with Gasteiger partial charge in [-0.25, -0.2) is 4.79 Å². The Kier molecular flexibility index (Phi) is 5.19. The third-order valence-corrected chi connectivity index (χ3v) is 5.87. The van der Waals surface area contributed by atoms with Crippen LogP contribution >= 0.6 is 0 Å². The monoisotopic (exact) mass is 467 g/mol. The van der Waals surface area contributed by atoms with Gasteiger partial charge >= 0.3 is 5.97 Å². The smallest absolute Gasteiger partial charge is 0.379 e. The highest BCUT2D eigenvalue weighted by molar-refractivity contribution is 5.96. The van der Waals surface area contributed by atoms with Gasteiger partial charge in [0.05, 0.1) is 10.8 Å². The van der Waals surface area contributed by atoms with Crippen LogP contribution in [0.1, 0.15) is 33.2 Å². The van der Waals surface area contributed by atoms with Crippen LogP contribution in [0.3, 0.4) is 0 Å². The fraction of sp³-hybridized carbons (Fsp3) is 0.0769. The quantitative estimate of drug-likeness (QED) is 0.189. The number of carbonyl (C=O) groups excluding carboxylic acids is 1. The number of hydrogen-bond donors (Lipinski definition) is 1. The third kappa shape index (κ3) is 3.73. The van der Waals surface area contributed by atoms with E-state index < -0.39 is 16.8 Å². The van der Waals surface area contributed by atoms with Gasteiger partial charge in [-0.1, -0.05) is 36.4 Å². The topological polar surface area (TPSA) is 142 Å². The second-order valence-corrected chi connectivity index (χ2v) is 7.91. The molecule has 1 aliphatic heterocycles. The lowest BCUT2D eigenvalue weighted by atomic mass is 9.83. The number of carbonyl (C=O) groups is 1. The molecule has 0 fully saturated rings. The standard InChI is InChI=1S/C26H17N3O6/c1-14-18-4-2-3-5-21(18)34-24(14)26(30)33-17-10-11-19-22(12-17)35-25(28)20(13-27)23(19)15-6-8-16(9-7-15)29(31)32/h2-12,23H,28H2,1H3. The van der Waals surface area contributed by atoms with Gasteiger partial charge < -0.3 is 19.6 Å². The summed E-state index contributed by atoms with van der Waals surface area (Å²) < 4.78 is 16.9. The van der Waals surface area contributed by atoms with E-state index in [4.69, 9.17) is 19.6 Å². The van der Waals surface area contributed by atoms with Crippen molar-refractivity contribution in [1.82, 2.24) is 0 Å². The zero-order valence-electron chi connectivity index (χ0n) is 18.3. The summed E-state index contributed by atoms with van der Waals surface area (Å²) in [6.07, 6.45) is 0. The van der Waals surface area contributed by atoms with Gasteiger partial charge in [0.15, 0.2) is 0 Å². The summed E-state index contributed by atoms with van der Waals surface area (Å²) in [6.45, 7) is 1.78. The Balaban J connectivity index is 1.48. The largest absolute Gasteiger partial charge is 0.449 e. The molecule has 0 bridgehead atoms. The number of furan rings is 1. The SMILES string of the molecule is Cc1c(C(=O)Oc2ccc3c(c2)OC(N)=C(C#N)C3c2ccc([N+](=O)[O-])cc2)oc2ccccc12. The fourth-order valence-electron chi connectivity index (χ4n) is 4.15. The summed E-state index contributed by atoms with van der Waals surface area (Å²) in [6, 6.07) is 20.0. The van der Waals surface area contributed by atoms with Gasteiger partial charge in [0.1, 0.15) is 28.7 Å². The third-order valence-electron chi connectivity index (χ3n) is 5.87. The first-order chi connectivity index (χ1) is 16.9. The number of para-hydroxylation sites is 1. The number of nitrogens with two attached hydrogens (primary N) is 1. The van der Waals surface area contributed by atoms with Gasteiger partial charge in [0, 0.05) is 34.7 Å². The second kappa shape index (κ2) is 8.35. The molecule has 4 aromatic rings. The molecule has 3 aromatic carbocycles. The molecule has 0 spiro atoms. The molecule has 1 aromatic heterocycles. The molecule has 9 heteroatoms. The molecule has 2 heterocycles. The van der Waals surface area contributed by atoms with E-state index in [1.54, 1.807) is 37.3 Å². The van der Waals surface area contributed by atoms with E-state index in [1.807, 2.05) is 18.2 Å². The molecule has 35 heavy (non-hydrogen) atoms. The van der Waals surface area contributed by atoms with Crippen LogP contribution in [0.15, 0.2) is 82.6 Å². The number of non-ortho nitro benzene ring substituents is 1. The van der Waals surface area contributed by atoms with Gasteiger partial charge in [-0.05, 0) is 24.6 Å². The van der Waals surface area contributed by atoms with Crippen LogP contribution in [-0.2, 0) is 0 Å². The van der Waals surface area contributed by atoms with Gasteiger partial charge in [-0.15, -0.1) is 0 Å². The molecule has 9 nitrogen and oxygen atoms in total. The van der Waals surface area contributed by atoms with Crippen molar-refractivity contribution in [2.45, 2.75) is 12.8 Å². The molecule has 1 unspecified atom stereocenters.